The van der Waals surface area contributed by atoms with Crippen LogP contribution >= 0.6 is 12.4 Å². The van der Waals surface area contributed by atoms with E-state index in [1.54, 1.807) is 13.8 Å². The number of nitrogens with two attached hydrogens (primary N) is 1. The second-order valence-electron chi connectivity index (χ2n) is 5.49. The van der Waals surface area contributed by atoms with Crippen LogP contribution in [0.3, 0.4) is 0 Å². The van der Waals surface area contributed by atoms with E-state index in [1.165, 1.54) is 12.1 Å². The topological polar surface area (TPSA) is 84.2 Å². The maximum absolute atomic E-state index is 12.8. The minimum absolute atomic E-state index is 0. The standard InChI is InChI=1S/C14H18F3N3O2.ClH/c1-13(2,18)8-20-11(21)7-19-12(22)9-5-3-4-6-10(9)14(15,16)17;/h3-6H,7-8,18H2,1-2H3,(H,19,22)(H,20,21);1H. The molecule has 130 valence electrons. The lowest BCUT2D eigenvalue weighted by atomic mass is 10.1. The van der Waals surface area contributed by atoms with Crippen LogP contribution in [0.5, 0.6) is 0 Å². The molecule has 0 saturated carbocycles. The van der Waals surface area contributed by atoms with E-state index in [4.69, 9.17) is 5.73 Å². The molecule has 1 aromatic carbocycles. The van der Waals surface area contributed by atoms with Crippen molar-refractivity contribution in [2.24, 2.45) is 5.73 Å². The summed E-state index contributed by atoms with van der Waals surface area (Å²) in [5.41, 5.74) is 3.48. The van der Waals surface area contributed by atoms with Gasteiger partial charge in [0, 0.05) is 12.1 Å². The molecule has 0 bridgehead atoms. The van der Waals surface area contributed by atoms with Crippen LogP contribution in [-0.2, 0) is 11.0 Å². The number of alkyl halides is 3. The van der Waals surface area contributed by atoms with E-state index in [0.717, 1.165) is 12.1 Å². The Balaban J connectivity index is 0.00000484. The Labute approximate surface area is 138 Å². The highest BCUT2D eigenvalue weighted by molar-refractivity contribution is 5.97. The van der Waals surface area contributed by atoms with Gasteiger partial charge in [0.05, 0.1) is 17.7 Å². The Bertz CT molecular complexity index is 557. The van der Waals surface area contributed by atoms with Crippen LogP contribution in [-0.4, -0.2) is 30.4 Å². The van der Waals surface area contributed by atoms with Gasteiger partial charge in [-0.25, -0.2) is 0 Å². The largest absolute Gasteiger partial charge is 0.417 e. The van der Waals surface area contributed by atoms with E-state index < -0.39 is 41.2 Å². The van der Waals surface area contributed by atoms with Gasteiger partial charge in [-0.15, -0.1) is 12.4 Å². The van der Waals surface area contributed by atoms with Crippen LogP contribution in [0.1, 0.15) is 29.8 Å². The molecule has 0 heterocycles. The summed E-state index contributed by atoms with van der Waals surface area (Å²) in [6.07, 6.45) is -4.64. The van der Waals surface area contributed by atoms with Crippen molar-refractivity contribution in [3.63, 3.8) is 0 Å². The molecule has 4 N–H and O–H groups in total. The number of benzene rings is 1. The summed E-state index contributed by atoms with van der Waals surface area (Å²) in [7, 11) is 0. The van der Waals surface area contributed by atoms with Crippen molar-refractivity contribution in [1.82, 2.24) is 10.6 Å². The SMILES string of the molecule is CC(C)(N)CNC(=O)CNC(=O)c1ccccc1C(F)(F)F.Cl. The van der Waals surface area contributed by atoms with Crippen LogP contribution in [0.4, 0.5) is 13.2 Å². The molecule has 0 spiro atoms. The van der Waals surface area contributed by atoms with Gasteiger partial charge in [-0.1, -0.05) is 12.1 Å². The van der Waals surface area contributed by atoms with Crippen molar-refractivity contribution in [3.8, 4) is 0 Å². The molecule has 9 heteroatoms. The van der Waals surface area contributed by atoms with Crippen molar-refractivity contribution < 1.29 is 22.8 Å². The number of amides is 2. The van der Waals surface area contributed by atoms with E-state index in [1.807, 2.05) is 0 Å². The van der Waals surface area contributed by atoms with Gasteiger partial charge < -0.3 is 16.4 Å². The lowest BCUT2D eigenvalue weighted by molar-refractivity contribution is -0.137. The molecule has 0 unspecified atom stereocenters. The average Bonchev–Trinajstić information content (AvgIpc) is 2.40. The number of carbonyl (C=O) groups is 2. The van der Waals surface area contributed by atoms with Crippen LogP contribution in [0, 0.1) is 0 Å². The summed E-state index contributed by atoms with van der Waals surface area (Å²) < 4.78 is 38.4. The summed E-state index contributed by atoms with van der Waals surface area (Å²) in [4.78, 5) is 23.3. The quantitative estimate of drug-likeness (QED) is 0.753. The van der Waals surface area contributed by atoms with E-state index in [0.29, 0.717) is 0 Å². The fourth-order valence-electron chi connectivity index (χ4n) is 1.57. The molecule has 0 aliphatic rings. The number of halogens is 4. The number of carbonyl (C=O) groups excluding carboxylic acids is 2. The van der Waals surface area contributed by atoms with Gasteiger partial charge in [-0.05, 0) is 26.0 Å². The molecule has 0 fully saturated rings. The van der Waals surface area contributed by atoms with Gasteiger partial charge in [0.2, 0.25) is 5.91 Å². The van der Waals surface area contributed by atoms with Gasteiger partial charge in [-0.3, -0.25) is 9.59 Å². The van der Waals surface area contributed by atoms with Crippen molar-refractivity contribution in [2.75, 3.05) is 13.1 Å². The fraction of sp³-hybridized carbons (Fsp3) is 0.429. The molecule has 2 amide bonds. The number of hydrogen-bond acceptors (Lipinski definition) is 3. The molecule has 1 aromatic rings. The molecule has 23 heavy (non-hydrogen) atoms. The first-order valence-electron chi connectivity index (χ1n) is 6.51. The minimum atomic E-state index is -4.64. The van der Waals surface area contributed by atoms with Gasteiger partial charge >= 0.3 is 6.18 Å². The maximum Gasteiger partial charge on any atom is 0.417 e. The van der Waals surface area contributed by atoms with Crippen molar-refractivity contribution in [3.05, 3.63) is 35.4 Å². The summed E-state index contributed by atoms with van der Waals surface area (Å²) >= 11 is 0. The van der Waals surface area contributed by atoms with Crippen molar-refractivity contribution in [1.29, 1.82) is 0 Å². The van der Waals surface area contributed by atoms with Crippen LogP contribution in [0.25, 0.3) is 0 Å². The average molecular weight is 354 g/mol. The zero-order valence-corrected chi connectivity index (χ0v) is 13.5. The summed E-state index contributed by atoms with van der Waals surface area (Å²) in [5.74, 6) is -1.49. The van der Waals surface area contributed by atoms with E-state index in [-0.39, 0.29) is 19.0 Å². The Morgan fingerprint density at radius 1 is 1.13 bits per heavy atom. The molecule has 0 radical (unpaired) electrons. The first-order valence-corrected chi connectivity index (χ1v) is 6.51. The third kappa shape index (κ3) is 7.34. The van der Waals surface area contributed by atoms with E-state index in [2.05, 4.69) is 10.6 Å². The fourth-order valence-corrected chi connectivity index (χ4v) is 1.57. The van der Waals surface area contributed by atoms with E-state index >= 15 is 0 Å². The molecule has 1 rings (SSSR count). The first kappa shape index (κ1) is 21.2. The molecule has 0 atom stereocenters. The van der Waals surface area contributed by atoms with Crippen LogP contribution < -0.4 is 16.4 Å². The summed E-state index contributed by atoms with van der Waals surface area (Å²) in [6.45, 7) is 3.15. The molecule has 0 aliphatic heterocycles. The normalized spacial score (nSPS) is 11.4. The molecule has 0 aromatic heterocycles. The molecular formula is C14H19ClF3N3O2. The predicted molar refractivity (Wildman–Crippen MR) is 82.3 cm³/mol. The minimum Gasteiger partial charge on any atom is -0.353 e. The molecular weight excluding hydrogens is 335 g/mol. The smallest absolute Gasteiger partial charge is 0.353 e. The lowest BCUT2D eigenvalue weighted by Crippen LogP contribution is -2.47. The highest BCUT2D eigenvalue weighted by Crippen LogP contribution is 2.31. The third-order valence-corrected chi connectivity index (χ3v) is 2.63. The predicted octanol–water partition coefficient (Wildman–Crippen LogP) is 1.71. The number of nitrogens with one attached hydrogen (secondary N) is 2. The summed E-state index contributed by atoms with van der Waals surface area (Å²) in [5, 5.41) is 4.63. The Morgan fingerprint density at radius 3 is 2.22 bits per heavy atom. The number of hydrogen-bond donors (Lipinski definition) is 3. The second-order valence-corrected chi connectivity index (χ2v) is 5.49. The van der Waals surface area contributed by atoms with Gasteiger partial charge in [0.15, 0.2) is 0 Å². The zero-order chi connectivity index (χ0) is 17.0. The third-order valence-electron chi connectivity index (χ3n) is 2.63. The Hall–Kier alpha value is -1.80. The highest BCUT2D eigenvalue weighted by Gasteiger charge is 2.34. The summed E-state index contributed by atoms with van der Waals surface area (Å²) in [6, 6.07) is 4.38. The maximum atomic E-state index is 12.8. The lowest BCUT2D eigenvalue weighted by Gasteiger charge is -2.19. The van der Waals surface area contributed by atoms with Gasteiger partial charge in [0.1, 0.15) is 0 Å². The van der Waals surface area contributed by atoms with Crippen molar-refractivity contribution >= 4 is 24.2 Å². The van der Waals surface area contributed by atoms with Gasteiger partial charge in [-0.2, -0.15) is 13.2 Å². The first-order chi connectivity index (χ1) is 10.0. The highest BCUT2D eigenvalue weighted by atomic mass is 35.5. The molecule has 5 nitrogen and oxygen atoms in total. The number of rotatable bonds is 5. The molecule has 0 saturated heterocycles. The van der Waals surface area contributed by atoms with Crippen LogP contribution in [0.2, 0.25) is 0 Å². The molecule has 0 aliphatic carbocycles. The zero-order valence-electron chi connectivity index (χ0n) is 12.7. The monoisotopic (exact) mass is 353 g/mol. The van der Waals surface area contributed by atoms with Crippen LogP contribution in [0.15, 0.2) is 24.3 Å². The second kappa shape index (κ2) is 8.16. The van der Waals surface area contributed by atoms with E-state index in [9.17, 15) is 22.8 Å². The Morgan fingerprint density at radius 2 is 1.70 bits per heavy atom. The van der Waals surface area contributed by atoms with Gasteiger partial charge in [0.25, 0.3) is 5.91 Å². The van der Waals surface area contributed by atoms with Crippen molar-refractivity contribution in [2.45, 2.75) is 25.6 Å². The Kier molecular flexibility index (Phi) is 7.53.